The first-order valence-electron chi connectivity index (χ1n) is 7.38. The number of hydrogen-bond donors (Lipinski definition) is 1. The molecular weight excluding hydrogens is 332 g/mol. The summed E-state index contributed by atoms with van der Waals surface area (Å²) in [5, 5.41) is 14.5. The molecule has 0 atom stereocenters. The van der Waals surface area contributed by atoms with E-state index in [1.54, 1.807) is 29.3 Å². The number of benzene rings is 1. The van der Waals surface area contributed by atoms with E-state index in [1.165, 1.54) is 6.07 Å². The molecule has 1 amide bonds. The van der Waals surface area contributed by atoms with Crippen LogP contribution >= 0.6 is 11.6 Å². The van der Waals surface area contributed by atoms with E-state index < -0.39 is 4.92 Å². The summed E-state index contributed by atoms with van der Waals surface area (Å²) in [6.45, 7) is 4.09. The number of H-pyrrole nitrogens is 1. The van der Waals surface area contributed by atoms with Gasteiger partial charge in [-0.15, -0.1) is 0 Å². The molecule has 2 N–H and O–H groups in total. The molecule has 126 valence electrons. The summed E-state index contributed by atoms with van der Waals surface area (Å²) in [7, 11) is 0. The predicted octanol–water partition coefficient (Wildman–Crippen LogP) is 2.84. The highest BCUT2D eigenvalue weighted by Gasteiger charge is 2.28. The van der Waals surface area contributed by atoms with Crippen LogP contribution in [0.1, 0.15) is 12.5 Å². The number of anilines is 2. The maximum absolute atomic E-state index is 12.3. The van der Waals surface area contributed by atoms with Crippen molar-refractivity contribution in [3.63, 3.8) is 0 Å². The van der Waals surface area contributed by atoms with Crippen LogP contribution in [0.15, 0.2) is 36.5 Å². The Hall–Kier alpha value is -2.67. The van der Waals surface area contributed by atoms with Gasteiger partial charge in [0.15, 0.2) is 6.54 Å². The number of rotatable bonds is 6. The van der Waals surface area contributed by atoms with Gasteiger partial charge in [0.1, 0.15) is 0 Å². The topological polar surface area (TPSA) is 89.6 Å². The Morgan fingerprint density at radius 3 is 2.83 bits per heavy atom. The lowest BCUT2D eigenvalue weighted by atomic mass is 10.2. The molecule has 2 rings (SSSR count). The second-order valence-electron chi connectivity index (χ2n) is 5.18. The quantitative estimate of drug-likeness (QED) is 0.641. The van der Waals surface area contributed by atoms with Crippen molar-refractivity contribution in [3.8, 4) is 0 Å². The maximum Gasteiger partial charge on any atom is 0.357 e. The van der Waals surface area contributed by atoms with Crippen LogP contribution in [0.2, 0.25) is 5.02 Å². The van der Waals surface area contributed by atoms with Gasteiger partial charge >= 0.3 is 11.5 Å². The Morgan fingerprint density at radius 2 is 2.17 bits per heavy atom. The fraction of sp³-hybridized carbons (Fsp3) is 0.250. The normalized spacial score (nSPS) is 10.3. The molecule has 0 aliphatic carbocycles. The molecular formula is C16H18ClN4O3+. The first-order chi connectivity index (χ1) is 11.4. The molecule has 0 unspecified atom stereocenters. The molecule has 0 aliphatic rings. The number of aromatic amines is 1. The number of likely N-dealkylation sites (N-methyl/N-ethyl adjacent to an activating group) is 1. The summed E-state index contributed by atoms with van der Waals surface area (Å²) in [5.74, 6) is 0.0109. The predicted molar refractivity (Wildman–Crippen MR) is 92.4 cm³/mol. The number of halogens is 1. The molecule has 0 spiro atoms. The number of aryl methyl sites for hydroxylation is 1. The second kappa shape index (κ2) is 7.74. The molecule has 0 saturated heterocycles. The number of hydrogen-bond acceptors (Lipinski definition) is 4. The van der Waals surface area contributed by atoms with Crippen molar-refractivity contribution < 1.29 is 14.7 Å². The van der Waals surface area contributed by atoms with E-state index >= 15 is 0 Å². The van der Waals surface area contributed by atoms with Gasteiger partial charge in [-0.25, -0.2) is 9.88 Å². The average molecular weight is 350 g/mol. The molecule has 1 aromatic heterocycles. The highest BCUT2D eigenvalue weighted by molar-refractivity contribution is 6.31. The smallest absolute Gasteiger partial charge is 0.322 e. The molecule has 0 aliphatic heterocycles. The molecule has 8 heteroatoms. The number of carbonyl (C=O) groups is 1. The molecule has 1 heterocycles. The number of amides is 1. The molecule has 0 radical (unpaired) electrons. The largest absolute Gasteiger partial charge is 0.357 e. The number of pyridine rings is 1. The number of aromatic nitrogens is 1. The summed E-state index contributed by atoms with van der Waals surface area (Å²) in [5.41, 5.74) is 1.43. The van der Waals surface area contributed by atoms with Crippen LogP contribution in [-0.2, 0) is 4.79 Å². The van der Waals surface area contributed by atoms with Crippen LogP contribution in [-0.4, -0.2) is 23.9 Å². The van der Waals surface area contributed by atoms with E-state index in [1.807, 2.05) is 19.9 Å². The molecule has 0 bridgehead atoms. The Labute approximate surface area is 144 Å². The molecule has 1 aromatic carbocycles. The van der Waals surface area contributed by atoms with E-state index in [2.05, 4.69) is 10.3 Å². The van der Waals surface area contributed by atoms with Crippen molar-refractivity contribution in [2.75, 3.05) is 23.3 Å². The van der Waals surface area contributed by atoms with Gasteiger partial charge in [-0.05, 0) is 37.6 Å². The Bertz CT molecular complexity index is 767. The number of nitrogens with one attached hydrogen (secondary N) is 2. The van der Waals surface area contributed by atoms with Gasteiger partial charge in [-0.2, -0.15) is 0 Å². The Balaban J connectivity index is 2.17. The fourth-order valence-electron chi connectivity index (χ4n) is 2.26. The van der Waals surface area contributed by atoms with Crippen LogP contribution < -0.4 is 15.2 Å². The summed E-state index contributed by atoms with van der Waals surface area (Å²) in [6, 6.07) is 8.17. The van der Waals surface area contributed by atoms with Crippen molar-refractivity contribution in [3.05, 3.63) is 57.2 Å². The standard InChI is InChI=1S/C16H17ClN4O3/c1-3-20(16-14(21(23)24)5-4-8-18-16)10-15(22)19-13-9-12(17)7-6-11(13)2/h4-9H,3,10H2,1-2H3,(H,19,22)/p+1. The van der Waals surface area contributed by atoms with Gasteiger partial charge in [0.25, 0.3) is 5.91 Å². The molecule has 0 fully saturated rings. The minimum Gasteiger partial charge on any atom is -0.322 e. The van der Waals surface area contributed by atoms with Crippen LogP contribution in [0, 0.1) is 17.0 Å². The third kappa shape index (κ3) is 4.20. The van der Waals surface area contributed by atoms with Crippen molar-refractivity contribution in [2.45, 2.75) is 13.8 Å². The van der Waals surface area contributed by atoms with E-state index in [9.17, 15) is 14.9 Å². The molecule has 24 heavy (non-hydrogen) atoms. The zero-order chi connectivity index (χ0) is 17.7. The third-order valence-corrected chi connectivity index (χ3v) is 3.75. The van der Waals surface area contributed by atoms with Gasteiger partial charge in [-0.3, -0.25) is 14.9 Å². The van der Waals surface area contributed by atoms with E-state index in [0.717, 1.165) is 5.56 Å². The van der Waals surface area contributed by atoms with Gasteiger partial charge in [0.2, 0.25) is 0 Å². The lowest BCUT2D eigenvalue weighted by Crippen LogP contribution is -2.37. The van der Waals surface area contributed by atoms with Crippen molar-refractivity contribution in [1.29, 1.82) is 0 Å². The summed E-state index contributed by atoms with van der Waals surface area (Å²) >= 11 is 5.94. The van der Waals surface area contributed by atoms with E-state index in [-0.39, 0.29) is 18.1 Å². The summed E-state index contributed by atoms with van der Waals surface area (Å²) < 4.78 is 0. The summed E-state index contributed by atoms with van der Waals surface area (Å²) in [4.78, 5) is 27.4. The average Bonchev–Trinajstić information content (AvgIpc) is 2.56. The van der Waals surface area contributed by atoms with Gasteiger partial charge < -0.3 is 5.32 Å². The lowest BCUT2D eigenvalue weighted by Gasteiger charge is -2.15. The number of carbonyl (C=O) groups excluding carboxylic acids is 1. The third-order valence-electron chi connectivity index (χ3n) is 3.52. The molecule has 0 saturated carbocycles. The first kappa shape index (κ1) is 17.7. The van der Waals surface area contributed by atoms with Gasteiger partial charge in [-0.1, -0.05) is 17.7 Å². The van der Waals surface area contributed by atoms with Crippen molar-refractivity contribution >= 4 is 34.7 Å². The summed E-state index contributed by atoms with van der Waals surface area (Å²) in [6.07, 6.45) is 1.59. The highest BCUT2D eigenvalue weighted by Crippen LogP contribution is 2.23. The number of nitrogens with zero attached hydrogens (tertiary/aromatic N) is 2. The maximum atomic E-state index is 12.3. The molecule has 2 aromatic rings. The fourth-order valence-corrected chi connectivity index (χ4v) is 2.43. The van der Waals surface area contributed by atoms with Crippen LogP contribution in [0.3, 0.4) is 0 Å². The van der Waals surface area contributed by atoms with E-state index in [0.29, 0.717) is 23.1 Å². The first-order valence-corrected chi connectivity index (χ1v) is 7.76. The Kier molecular flexibility index (Phi) is 5.70. The van der Waals surface area contributed by atoms with Crippen LogP contribution in [0.25, 0.3) is 0 Å². The molecule has 7 nitrogen and oxygen atoms in total. The second-order valence-corrected chi connectivity index (χ2v) is 5.62. The minimum absolute atomic E-state index is 0.0240. The monoisotopic (exact) mass is 349 g/mol. The zero-order valence-electron chi connectivity index (χ0n) is 13.4. The highest BCUT2D eigenvalue weighted by atomic mass is 35.5. The SMILES string of the molecule is CCN(CC(=O)Nc1cc(Cl)ccc1C)c1[nH+]cccc1[N+](=O)[O-]. The Morgan fingerprint density at radius 1 is 1.42 bits per heavy atom. The number of nitro groups is 1. The van der Waals surface area contributed by atoms with Crippen LogP contribution in [0.5, 0.6) is 0 Å². The van der Waals surface area contributed by atoms with Gasteiger partial charge in [0, 0.05) is 16.8 Å². The van der Waals surface area contributed by atoms with Gasteiger partial charge in [0.05, 0.1) is 17.7 Å². The van der Waals surface area contributed by atoms with Crippen molar-refractivity contribution in [1.82, 2.24) is 0 Å². The van der Waals surface area contributed by atoms with Crippen LogP contribution in [0.4, 0.5) is 17.2 Å². The minimum atomic E-state index is -0.479. The van der Waals surface area contributed by atoms with E-state index in [4.69, 9.17) is 11.6 Å². The lowest BCUT2D eigenvalue weighted by molar-refractivity contribution is -0.411. The zero-order valence-corrected chi connectivity index (χ0v) is 14.1. The van der Waals surface area contributed by atoms with Crippen molar-refractivity contribution in [2.24, 2.45) is 0 Å².